The van der Waals surface area contributed by atoms with Crippen molar-refractivity contribution in [3.05, 3.63) is 0 Å². The molecule has 0 atom stereocenters. The summed E-state index contributed by atoms with van der Waals surface area (Å²) < 4.78 is 4.48. The lowest BCUT2D eigenvalue weighted by atomic mass is 9.91. The number of carbonyl (C=O) groups is 3. The Bertz CT molecular complexity index is 294. The van der Waals surface area contributed by atoms with Gasteiger partial charge in [0.1, 0.15) is 0 Å². The number of esters is 2. The topological polar surface area (TPSA) is 60.4 Å². The fourth-order valence-electron chi connectivity index (χ4n) is 0.590. The van der Waals surface area contributed by atoms with Gasteiger partial charge in [-0.15, -0.1) is 0 Å². The fraction of sp³-hybridized carbons (Fsp3) is 0.727. The Kier molecular flexibility index (Phi) is 6.48. The Morgan fingerprint density at radius 2 is 1.19 bits per heavy atom. The van der Waals surface area contributed by atoms with Crippen molar-refractivity contribution < 1.29 is 19.1 Å². The summed E-state index contributed by atoms with van der Waals surface area (Å²) in [5, 5.41) is 0. The zero-order chi connectivity index (χ0) is 12.4. The standard InChI is InChI=1S/C11H18O4.Mg.2H/c1-10(2,3)7(12)8(13)15-9(14)11(4,5)6;;;/h1-6H3;;;. The second kappa shape index (κ2) is 5.77. The van der Waals surface area contributed by atoms with Gasteiger partial charge in [0.2, 0.25) is 5.78 Å². The maximum atomic E-state index is 11.4. The van der Waals surface area contributed by atoms with Gasteiger partial charge in [-0.25, -0.2) is 4.79 Å². The summed E-state index contributed by atoms with van der Waals surface area (Å²) in [6, 6.07) is 0. The molecular weight excluding hydrogens is 220 g/mol. The predicted octanol–water partition coefficient (Wildman–Crippen LogP) is 0.801. The molecule has 0 saturated carbocycles. The van der Waals surface area contributed by atoms with Crippen molar-refractivity contribution in [1.82, 2.24) is 0 Å². The van der Waals surface area contributed by atoms with E-state index in [0.29, 0.717) is 0 Å². The zero-order valence-electron chi connectivity index (χ0n) is 10.1. The Hall–Kier alpha value is -0.424. The van der Waals surface area contributed by atoms with E-state index in [1.54, 1.807) is 41.5 Å². The van der Waals surface area contributed by atoms with Gasteiger partial charge in [-0.05, 0) is 20.8 Å². The molecule has 90 valence electrons. The van der Waals surface area contributed by atoms with Gasteiger partial charge in [-0.3, -0.25) is 9.59 Å². The molecule has 0 aromatic heterocycles. The minimum Gasteiger partial charge on any atom is -0.387 e. The maximum absolute atomic E-state index is 11.4. The molecule has 0 amide bonds. The highest BCUT2D eigenvalue weighted by molar-refractivity contribution is 6.37. The number of carbonyl (C=O) groups excluding carboxylic acids is 3. The molecule has 0 radical (unpaired) electrons. The van der Waals surface area contributed by atoms with Crippen molar-refractivity contribution in [3.8, 4) is 0 Å². The average molecular weight is 241 g/mol. The van der Waals surface area contributed by atoms with Crippen molar-refractivity contribution in [2.45, 2.75) is 41.5 Å². The number of hydrogen-bond donors (Lipinski definition) is 0. The third-order valence-corrected chi connectivity index (χ3v) is 1.66. The third-order valence-electron chi connectivity index (χ3n) is 1.66. The van der Waals surface area contributed by atoms with Crippen LogP contribution in [0.15, 0.2) is 0 Å². The fourth-order valence-corrected chi connectivity index (χ4v) is 0.590. The molecule has 0 heterocycles. The molecule has 0 rings (SSSR count). The van der Waals surface area contributed by atoms with Crippen molar-refractivity contribution in [3.63, 3.8) is 0 Å². The van der Waals surface area contributed by atoms with Gasteiger partial charge < -0.3 is 4.74 Å². The summed E-state index contributed by atoms with van der Waals surface area (Å²) >= 11 is 0. The third kappa shape index (κ3) is 5.60. The zero-order valence-corrected chi connectivity index (χ0v) is 10.1. The van der Waals surface area contributed by atoms with Gasteiger partial charge in [0.05, 0.1) is 5.41 Å². The maximum Gasteiger partial charge on any atom is 0.382 e. The summed E-state index contributed by atoms with van der Waals surface area (Å²) in [5.74, 6) is -2.47. The lowest BCUT2D eigenvalue weighted by Gasteiger charge is -2.18. The molecule has 0 aliphatic rings. The lowest BCUT2D eigenvalue weighted by Crippen LogP contribution is -2.35. The highest BCUT2D eigenvalue weighted by Crippen LogP contribution is 2.18. The van der Waals surface area contributed by atoms with Crippen LogP contribution in [0.2, 0.25) is 0 Å². The summed E-state index contributed by atoms with van der Waals surface area (Å²) in [5.41, 5.74) is -1.61. The number of ether oxygens (including phenoxy) is 1. The second-order valence-corrected chi connectivity index (χ2v) is 5.51. The van der Waals surface area contributed by atoms with Crippen LogP contribution in [0.4, 0.5) is 0 Å². The highest BCUT2D eigenvalue weighted by Gasteiger charge is 2.34. The molecule has 0 spiro atoms. The summed E-state index contributed by atoms with van der Waals surface area (Å²) in [7, 11) is 0. The first-order chi connectivity index (χ1) is 6.46. The first kappa shape index (κ1) is 18.0. The van der Waals surface area contributed by atoms with Gasteiger partial charge >= 0.3 is 35.0 Å². The monoisotopic (exact) mass is 240 g/mol. The molecule has 0 saturated heterocycles. The average Bonchev–Trinajstić information content (AvgIpc) is 1.99. The van der Waals surface area contributed by atoms with Gasteiger partial charge in [0.25, 0.3) is 0 Å². The Labute approximate surface area is 112 Å². The first-order valence-corrected chi connectivity index (χ1v) is 4.77. The summed E-state index contributed by atoms with van der Waals surface area (Å²) in [6.07, 6.45) is 0. The SMILES string of the molecule is CC(C)(C)C(=O)OC(=O)C(=O)C(C)(C)C.[MgH2]. The molecule has 0 unspecified atom stereocenters. The molecule has 0 aliphatic carbocycles. The van der Waals surface area contributed by atoms with Crippen LogP contribution in [0.3, 0.4) is 0 Å². The second-order valence-electron chi connectivity index (χ2n) is 5.51. The van der Waals surface area contributed by atoms with E-state index in [2.05, 4.69) is 4.74 Å². The highest BCUT2D eigenvalue weighted by atomic mass is 24.3. The van der Waals surface area contributed by atoms with E-state index in [-0.39, 0.29) is 23.1 Å². The molecule has 0 N–H and O–H groups in total. The van der Waals surface area contributed by atoms with Crippen LogP contribution in [0.1, 0.15) is 41.5 Å². The lowest BCUT2D eigenvalue weighted by molar-refractivity contribution is -0.170. The van der Waals surface area contributed by atoms with Crippen molar-refractivity contribution in [2.24, 2.45) is 10.8 Å². The molecule has 16 heavy (non-hydrogen) atoms. The van der Waals surface area contributed by atoms with Crippen LogP contribution in [0.25, 0.3) is 0 Å². The normalized spacial score (nSPS) is 11.4. The van der Waals surface area contributed by atoms with Crippen LogP contribution >= 0.6 is 0 Å². The Morgan fingerprint density at radius 3 is 1.44 bits per heavy atom. The predicted molar refractivity (Wildman–Crippen MR) is 63.6 cm³/mol. The van der Waals surface area contributed by atoms with Crippen LogP contribution in [0.5, 0.6) is 0 Å². The van der Waals surface area contributed by atoms with Crippen LogP contribution < -0.4 is 0 Å². The molecule has 4 nitrogen and oxygen atoms in total. The quantitative estimate of drug-likeness (QED) is 0.294. The van der Waals surface area contributed by atoms with E-state index < -0.39 is 28.6 Å². The minimum absolute atomic E-state index is 0. The molecule has 5 heteroatoms. The number of hydrogen-bond acceptors (Lipinski definition) is 4. The van der Waals surface area contributed by atoms with Crippen molar-refractivity contribution >= 4 is 40.8 Å². The van der Waals surface area contributed by atoms with Crippen LogP contribution in [-0.2, 0) is 19.1 Å². The Morgan fingerprint density at radius 1 is 0.812 bits per heavy atom. The van der Waals surface area contributed by atoms with Crippen molar-refractivity contribution in [2.75, 3.05) is 0 Å². The molecule has 0 aromatic rings. The number of Topliss-reactive ketones (excluding diaryl/α,β-unsaturated/α-hetero) is 1. The van der Waals surface area contributed by atoms with Gasteiger partial charge in [-0.1, -0.05) is 20.8 Å². The molecular formula is C11H20MgO4. The van der Waals surface area contributed by atoms with Crippen LogP contribution in [0, 0.1) is 10.8 Å². The molecule has 0 bridgehead atoms. The van der Waals surface area contributed by atoms with Gasteiger partial charge in [-0.2, -0.15) is 0 Å². The van der Waals surface area contributed by atoms with E-state index >= 15 is 0 Å². The largest absolute Gasteiger partial charge is 0.387 e. The van der Waals surface area contributed by atoms with E-state index in [0.717, 1.165) is 0 Å². The minimum atomic E-state index is -1.08. The number of rotatable bonds is 1. The summed E-state index contributed by atoms with van der Waals surface area (Å²) in [6.45, 7) is 9.63. The Balaban J connectivity index is 0. The van der Waals surface area contributed by atoms with E-state index in [4.69, 9.17) is 0 Å². The molecule has 0 aliphatic heterocycles. The molecule has 0 fully saturated rings. The smallest absolute Gasteiger partial charge is 0.382 e. The van der Waals surface area contributed by atoms with Gasteiger partial charge in [0, 0.05) is 5.41 Å². The summed E-state index contributed by atoms with van der Waals surface area (Å²) in [4.78, 5) is 34.0. The van der Waals surface area contributed by atoms with Gasteiger partial charge in [0.15, 0.2) is 0 Å². The van der Waals surface area contributed by atoms with Crippen molar-refractivity contribution in [1.29, 1.82) is 0 Å². The van der Waals surface area contributed by atoms with E-state index in [1.807, 2.05) is 0 Å². The molecule has 0 aromatic carbocycles. The van der Waals surface area contributed by atoms with E-state index in [1.165, 1.54) is 0 Å². The number of ketones is 1. The van der Waals surface area contributed by atoms with E-state index in [9.17, 15) is 14.4 Å². The first-order valence-electron chi connectivity index (χ1n) is 4.77. The van der Waals surface area contributed by atoms with Crippen LogP contribution in [-0.4, -0.2) is 40.8 Å².